The van der Waals surface area contributed by atoms with E-state index in [4.69, 9.17) is 4.74 Å². The van der Waals surface area contributed by atoms with Crippen LogP contribution in [0.1, 0.15) is 24.0 Å². The molecule has 2 fully saturated rings. The van der Waals surface area contributed by atoms with Gasteiger partial charge in [-0.25, -0.2) is 0 Å². The molecule has 0 spiro atoms. The molecule has 5 nitrogen and oxygen atoms in total. The van der Waals surface area contributed by atoms with Crippen molar-refractivity contribution in [3.05, 3.63) is 59.7 Å². The number of methoxy groups -OCH3 is 1. The van der Waals surface area contributed by atoms with Gasteiger partial charge in [-0.1, -0.05) is 24.3 Å². The molecular formula is C25H33N3O2. The molecule has 2 aliphatic rings. The predicted octanol–water partition coefficient (Wildman–Crippen LogP) is 3.56. The van der Waals surface area contributed by atoms with Gasteiger partial charge in [0.15, 0.2) is 0 Å². The average molecular weight is 408 g/mol. The first-order chi connectivity index (χ1) is 14.6. The molecule has 0 aromatic heterocycles. The fraction of sp³-hybridized carbons (Fsp3) is 0.480. The van der Waals surface area contributed by atoms with Gasteiger partial charge in [0, 0.05) is 45.0 Å². The Labute approximate surface area is 180 Å². The summed E-state index contributed by atoms with van der Waals surface area (Å²) in [4.78, 5) is 20.1. The molecule has 0 N–H and O–H groups in total. The maximum Gasteiger partial charge on any atom is 0.227 e. The number of benzene rings is 2. The zero-order valence-corrected chi connectivity index (χ0v) is 18.2. The number of hydrogen-bond donors (Lipinski definition) is 0. The van der Waals surface area contributed by atoms with Gasteiger partial charge in [0.2, 0.25) is 5.91 Å². The van der Waals surface area contributed by atoms with Gasteiger partial charge >= 0.3 is 0 Å². The van der Waals surface area contributed by atoms with E-state index in [1.54, 1.807) is 7.11 Å². The molecule has 30 heavy (non-hydrogen) atoms. The van der Waals surface area contributed by atoms with Crippen LogP contribution in [-0.4, -0.2) is 62.1 Å². The van der Waals surface area contributed by atoms with Gasteiger partial charge in [0.25, 0.3) is 0 Å². The summed E-state index contributed by atoms with van der Waals surface area (Å²) in [5, 5.41) is 0. The van der Waals surface area contributed by atoms with Crippen molar-refractivity contribution in [3.63, 3.8) is 0 Å². The van der Waals surface area contributed by atoms with Crippen molar-refractivity contribution < 1.29 is 9.53 Å². The first-order valence-corrected chi connectivity index (χ1v) is 11.1. The van der Waals surface area contributed by atoms with E-state index in [9.17, 15) is 4.79 Å². The molecule has 0 saturated carbocycles. The number of nitrogens with zero attached hydrogens (tertiary/aromatic N) is 3. The van der Waals surface area contributed by atoms with Crippen LogP contribution < -0.4 is 9.64 Å². The summed E-state index contributed by atoms with van der Waals surface area (Å²) >= 11 is 0. The van der Waals surface area contributed by atoms with Gasteiger partial charge in [-0.05, 0) is 61.7 Å². The van der Waals surface area contributed by atoms with E-state index in [1.807, 2.05) is 12.1 Å². The Morgan fingerprint density at radius 3 is 2.43 bits per heavy atom. The smallest absolute Gasteiger partial charge is 0.227 e. The fourth-order valence-electron chi connectivity index (χ4n) is 4.67. The zero-order valence-electron chi connectivity index (χ0n) is 18.2. The Hall–Kier alpha value is -2.53. The van der Waals surface area contributed by atoms with Gasteiger partial charge in [-0.2, -0.15) is 0 Å². The predicted molar refractivity (Wildman–Crippen MR) is 121 cm³/mol. The van der Waals surface area contributed by atoms with Crippen LogP contribution >= 0.6 is 0 Å². The third-order valence-electron chi connectivity index (χ3n) is 6.54. The molecule has 4 rings (SSSR count). The second-order valence-electron chi connectivity index (χ2n) is 8.51. The van der Waals surface area contributed by atoms with Gasteiger partial charge in [-0.3, -0.25) is 9.69 Å². The molecule has 1 amide bonds. The maximum absolute atomic E-state index is 13.2. The molecule has 2 saturated heterocycles. The number of anilines is 1. The number of aryl methyl sites for hydroxylation is 1. The molecule has 2 heterocycles. The van der Waals surface area contributed by atoms with E-state index in [2.05, 4.69) is 58.0 Å². The van der Waals surface area contributed by atoms with Gasteiger partial charge < -0.3 is 14.5 Å². The van der Waals surface area contributed by atoms with Crippen molar-refractivity contribution in [3.8, 4) is 5.75 Å². The lowest BCUT2D eigenvalue weighted by Gasteiger charge is -2.39. The second-order valence-corrected chi connectivity index (χ2v) is 8.51. The second kappa shape index (κ2) is 9.52. The minimum absolute atomic E-state index is 0.135. The summed E-state index contributed by atoms with van der Waals surface area (Å²) in [5.41, 5.74) is 3.91. The lowest BCUT2D eigenvalue weighted by atomic mass is 9.95. The number of carbonyl (C=O) groups excluding carboxylic acids is 1. The van der Waals surface area contributed by atoms with E-state index in [0.717, 1.165) is 64.4 Å². The molecule has 0 aliphatic carbocycles. The molecule has 0 bridgehead atoms. The zero-order chi connectivity index (χ0) is 20.9. The van der Waals surface area contributed by atoms with Crippen LogP contribution in [0.15, 0.2) is 48.5 Å². The van der Waals surface area contributed by atoms with Gasteiger partial charge in [-0.15, -0.1) is 0 Å². The first kappa shape index (κ1) is 20.7. The average Bonchev–Trinajstić information content (AvgIpc) is 2.80. The fourth-order valence-corrected chi connectivity index (χ4v) is 4.67. The number of rotatable bonds is 5. The lowest BCUT2D eigenvalue weighted by Crippen LogP contribution is -2.52. The quantitative estimate of drug-likeness (QED) is 0.759. The van der Waals surface area contributed by atoms with Crippen molar-refractivity contribution in [2.75, 3.05) is 51.3 Å². The van der Waals surface area contributed by atoms with Crippen molar-refractivity contribution in [2.24, 2.45) is 5.92 Å². The number of hydrogen-bond acceptors (Lipinski definition) is 4. The summed E-state index contributed by atoms with van der Waals surface area (Å²) in [5.74, 6) is 1.36. The van der Waals surface area contributed by atoms with Crippen LogP contribution in [0.25, 0.3) is 0 Å². The SMILES string of the molecule is COc1ccc(N2CCN(C(=O)C3CCCN(Cc4ccccc4C)C3)CC2)cc1. The molecule has 1 unspecified atom stereocenters. The molecule has 2 aromatic carbocycles. The highest BCUT2D eigenvalue weighted by atomic mass is 16.5. The summed E-state index contributed by atoms with van der Waals surface area (Å²) in [6, 6.07) is 16.8. The Morgan fingerprint density at radius 1 is 1.00 bits per heavy atom. The summed E-state index contributed by atoms with van der Waals surface area (Å²) in [6.45, 7) is 8.47. The molecular weight excluding hydrogens is 374 g/mol. The monoisotopic (exact) mass is 407 g/mol. The third kappa shape index (κ3) is 4.78. The number of piperidine rings is 1. The van der Waals surface area contributed by atoms with Crippen molar-refractivity contribution in [1.82, 2.24) is 9.80 Å². The number of likely N-dealkylation sites (tertiary alicyclic amines) is 1. The third-order valence-corrected chi connectivity index (χ3v) is 6.54. The molecule has 2 aliphatic heterocycles. The summed E-state index contributed by atoms with van der Waals surface area (Å²) in [6.07, 6.45) is 2.12. The van der Waals surface area contributed by atoms with E-state index in [1.165, 1.54) is 16.8 Å². The Bertz CT molecular complexity index is 844. The normalized spacial score (nSPS) is 20.3. The standard InChI is InChI=1S/C25H33N3O2/c1-20-6-3-4-7-21(20)18-26-13-5-8-22(19-26)25(29)28-16-14-27(15-17-28)23-9-11-24(30-2)12-10-23/h3-4,6-7,9-12,22H,5,8,13-19H2,1-2H3. The first-order valence-electron chi connectivity index (χ1n) is 11.1. The van der Waals surface area contributed by atoms with Crippen LogP contribution in [0, 0.1) is 12.8 Å². The highest BCUT2D eigenvalue weighted by Gasteiger charge is 2.31. The van der Waals surface area contributed by atoms with Gasteiger partial charge in [0.05, 0.1) is 13.0 Å². The van der Waals surface area contributed by atoms with E-state index in [0.29, 0.717) is 5.91 Å². The number of ether oxygens (including phenoxy) is 1. The highest BCUT2D eigenvalue weighted by molar-refractivity contribution is 5.79. The number of carbonyl (C=O) groups is 1. The van der Waals surface area contributed by atoms with E-state index >= 15 is 0 Å². The summed E-state index contributed by atoms with van der Waals surface area (Å²) in [7, 11) is 1.69. The number of amides is 1. The van der Waals surface area contributed by atoms with Crippen molar-refractivity contribution in [2.45, 2.75) is 26.3 Å². The molecule has 0 radical (unpaired) electrons. The molecule has 1 atom stereocenters. The Kier molecular flexibility index (Phi) is 6.58. The van der Waals surface area contributed by atoms with E-state index < -0.39 is 0 Å². The summed E-state index contributed by atoms with van der Waals surface area (Å²) < 4.78 is 5.25. The topological polar surface area (TPSA) is 36.0 Å². The van der Waals surface area contributed by atoms with Crippen LogP contribution in [-0.2, 0) is 11.3 Å². The number of piperazine rings is 1. The van der Waals surface area contributed by atoms with E-state index in [-0.39, 0.29) is 5.92 Å². The van der Waals surface area contributed by atoms with Crippen LogP contribution in [0.5, 0.6) is 5.75 Å². The Morgan fingerprint density at radius 2 is 1.73 bits per heavy atom. The molecule has 2 aromatic rings. The minimum Gasteiger partial charge on any atom is -0.497 e. The van der Waals surface area contributed by atoms with Crippen LogP contribution in [0.3, 0.4) is 0 Å². The van der Waals surface area contributed by atoms with Crippen LogP contribution in [0.4, 0.5) is 5.69 Å². The highest BCUT2D eigenvalue weighted by Crippen LogP contribution is 2.24. The molecule has 5 heteroatoms. The molecule has 160 valence electrons. The minimum atomic E-state index is 0.135. The maximum atomic E-state index is 13.2. The van der Waals surface area contributed by atoms with Crippen molar-refractivity contribution >= 4 is 11.6 Å². The van der Waals surface area contributed by atoms with Gasteiger partial charge in [0.1, 0.15) is 5.75 Å². The largest absolute Gasteiger partial charge is 0.497 e. The van der Waals surface area contributed by atoms with Crippen molar-refractivity contribution in [1.29, 1.82) is 0 Å². The lowest BCUT2D eigenvalue weighted by molar-refractivity contribution is -0.137. The van der Waals surface area contributed by atoms with Crippen LogP contribution in [0.2, 0.25) is 0 Å². The Balaban J connectivity index is 1.30.